The van der Waals surface area contributed by atoms with Crippen LogP contribution in [0.2, 0.25) is 0 Å². The Bertz CT molecular complexity index is 1710. The molecule has 1 N–H and O–H groups in total. The molecule has 0 saturated heterocycles. The molecule has 5 rings (SSSR count). The van der Waals surface area contributed by atoms with E-state index in [4.69, 9.17) is 0 Å². The topological polar surface area (TPSA) is 86.1 Å². The van der Waals surface area contributed by atoms with Gasteiger partial charge in [0.05, 0.1) is 27.9 Å². The number of nitrogens with zero attached hydrogens (tertiary/aromatic N) is 3. The molecule has 0 bridgehead atoms. The van der Waals surface area contributed by atoms with Crippen molar-refractivity contribution in [2.75, 3.05) is 4.72 Å². The summed E-state index contributed by atoms with van der Waals surface area (Å²) in [6.45, 7) is 1.51. The summed E-state index contributed by atoms with van der Waals surface area (Å²) in [5, 5.41) is 3.87. The van der Waals surface area contributed by atoms with E-state index in [0.717, 1.165) is 17.4 Å². The van der Waals surface area contributed by atoms with Gasteiger partial charge in [-0.15, -0.1) is 13.2 Å². The fraction of sp³-hybridized carbons (Fsp3) is 0.333. The standard InChI is InChI=1S/C27H24F6N4O3S2/c1-15-22(14-37(2)35-15)42(38,39)36-25-34-23(20-8-3-4-9-21(20)26(28,29)30)24(41-25)18-7-5-6-16(12-18)17-10-11-19(13-17)40-27(31,32)33/h3-9,12,14,17,19H,10-11,13H2,1-2H3,(H,34,36)/t17-,19+/m1/s1. The summed E-state index contributed by atoms with van der Waals surface area (Å²) in [7, 11) is -2.64. The van der Waals surface area contributed by atoms with Gasteiger partial charge in [-0.2, -0.15) is 18.3 Å². The van der Waals surface area contributed by atoms with Crippen molar-refractivity contribution < 1.29 is 39.5 Å². The highest BCUT2D eigenvalue weighted by molar-refractivity contribution is 7.93. The van der Waals surface area contributed by atoms with E-state index in [0.29, 0.717) is 17.5 Å². The first-order valence-corrected chi connectivity index (χ1v) is 15.0. The third-order valence-corrected chi connectivity index (χ3v) is 9.49. The zero-order valence-electron chi connectivity index (χ0n) is 22.1. The van der Waals surface area contributed by atoms with Gasteiger partial charge in [0.1, 0.15) is 4.90 Å². The molecule has 0 unspecified atom stereocenters. The van der Waals surface area contributed by atoms with E-state index in [2.05, 4.69) is 19.5 Å². The predicted octanol–water partition coefficient (Wildman–Crippen LogP) is 7.51. The van der Waals surface area contributed by atoms with Crippen LogP contribution in [-0.2, 0) is 28.0 Å². The highest BCUT2D eigenvalue weighted by atomic mass is 32.2. The van der Waals surface area contributed by atoms with Gasteiger partial charge in [-0.25, -0.2) is 13.4 Å². The first-order valence-electron chi connectivity index (χ1n) is 12.7. The first-order chi connectivity index (χ1) is 19.6. The van der Waals surface area contributed by atoms with Crippen LogP contribution in [0.3, 0.4) is 0 Å². The number of thiazole rings is 1. The van der Waals surface area contributed by atoms with Crippen molar-refractivity contribution in [1.82, 2.24) is 14.8 Å². The lowest BCUT2D eigenvalue weighted by molar-refractivity contribution is -0.341. The van der Waals surface area contributed by atoms with Gasteiger partial charge in [-0.1, -0.05) is 47.7 Å². The lowest BCUT2D eigenvalue weighted by atomic mass is 9.94. The van der Waals surface area contributed by atoms with Crippen molar-refractivity contribution in [2.24, 2.45) is 7.05 Å². The quantitative estimate of drug-likeness (QED) is 0.214. The SMILES string of the molecule is Cc1nn(C)cc1S(=O)(=O)Nc1nc(-c2ccccc2C(F)(F)F)c(-c2cccc([C@@H]3CC[C@H](OC(F)(F)F)C3)c2)s1. The minimum atomic E-state index is -4.75. The lowest BCUT2D eigenvalue weighted by Crippen LogP contribution is -2.21. The van der Waals surface area contributed by atoms with Crippen molar-refractivity contribution in [3.05, 3.63) is 71.5 Å². The van der Waals surface area contributed by atoms with Crippen LogP contribution in [0.25, 0.3) is 21.7 Å². The van der Waals surface area contributed by atoms with Crippen LogP contribution in [0.5, 0.6) is 0 Å². The Labute approximate surface area is 241 Å². The predicted molar refractivity (Wildman–Crippen MR) is 144 cm³/mol. The van der Waals surface area contributed by atoms with Gasteiger partial charge in [0.15, 0.2) is 5.13 Å². The number of anilines is 1. The molecule has 0 radical (unpaired) electrons. The molecule has 1 saturated carbocycles. The van der Waals surface area contributed by atoms with Crippen LogP contribution < -0.4 is 4.72 Å². The number of aryl methyl sites for hydroxylation is 2. The number of sulfonamides is 1. The van der Waals surface area contributed by atoms with Crippen LogP contribution in [0, 0.1) is 6.92 Å². The second kappa shape index (κ2) is 11.0. The van der Waals surface area contributed by atoms with Gasteiger partial charge in [0.25, 0.3) is 10.0 Å². The molecule has 4 aromatic rings. The Morgan fingerprint density at radius 3 is 2.45 bits per heavy atom. The van der Waals surface area contributed by atoms with E-state index in [1.54, 1.807) is 31.3 Å². The lowest BCUT2D eigenvalue weighted by Gasteiger charge is -2.15. The zero-order chi connectivity index (χ0) is 30.4. The third kappa shape index (κ3) is 6.47. The third-order valence-electron chi connectivity index (χ3n) is 6.90. The number of alkyl halides is 6. The van der Waals surface area contributed by atoms with E-state index in [1.807, 2.05) is 0 Å². The Kier molecular flexibility index (Phi) is 7.87. The smallest absolute Gasteiger partial charge is 0.289 e. The number of ether oxygens (including phenoxy) is 1. The van der Waals surface area contributed by atoms with E-state index < -0.39 is 34.2 Å². The van der Waals surface area contributed by atoms with E-state index in [9.17, 15) is 34.8 Å². The Balaban J connectivity index is 1.57. The second-order valence-electron chi connectivity index (χ2n) is 9.92. The molecule has 2 aromatic heterocycles. The van der Waals surface area contributed by atoms with Crippen LogP contribution in [0.1, 0.15) is 42.0 Å². The average molecular weight is 631 g/mol. The summed E-state index contributed by atoms with van der Waals surface area (Å²) in [5.74, 6) is -0.261. The van der Waals surface area contributed by atoms with Crippen molar-refractivity contribution >= 4 is 26.5 Å². The minimum Gasteiger partial charge on any atom is -0.289 e. The van der Waals surface area contributed by atoms with Gasteiger partial charge in [-0.3, -0.25) is 14.1 Å². The average Bonchev–Trinajstić information content (AvgIpc) is 3.61. The summed E-state index contributed by atoms with van der Waals surface area (Å²) < 4.78 is 114. The molecule has 224 valence electrons. The molecule has 1 aliphatic carbocycles. The fourth-order valence-electron chi connectivity index (χ4n) is 5.16. The van der Waals surface area contributed by atoms with Crippen LogP contribution in [-0.4, -0.2) is 35.6 Å². The van der Waals surface area contributed by atoms with Crippen LogP contribution in [0.15, 0.2) is 59.6 Å². The summed E-state index contributed by atoms with van der Waals surface area (Å²) in [4.78, 5) is 4.46. The number of halogens is 6. The number of hydrogen-bond acceptors (Lipinski definition) is 6. The fourth-order valence-corrected chi connectivity index (χ4v) is 7.59. The van der Waals surface area contributed by atoms with E-state index in [-0.39, 0.29) is 50.6 Å². The van der Waals surface area contributed by atoms with Crippen molar-refractivity contribution in [3.63, 3.8) is 0 Å². The van der Waals surface area contributed by atoms with Gasteiger partial charge in [-0.05, 0) is 55.4 Å². The van der Waals surface area contributed by atoms with Crippen molar-refractivity contribution in [2.45, 2.75) is 55.6 Å². The Morgan fingerprint density at radius 2 is 1.79 bits per heavy atom. The van der Waals surface area contributed by atoms with E-state index in [1.165, 1.54) is 36.0 Å². The number of hydrogen-bond donors (Lipinski definition) is 1. The molecular formula is C27H24F6N4O3S2. The maximum absolute atomic E-state index is 14.0. The largest absolute Gasteiger partial charge is 0.522 e. The molecule has 1 aliphatic rings. The summed E-state index contributed by atoms with van der Waals surface area (Å²) >= 11 is 0.851. The monoisotopic (exact) mass is 630 g/mol. The van der Waals surface area contributed by atoms with Crippen LogP contribution in [0.4, 0.5) is 31.5 Å². The number of benzene rings is 2. The number of nitrogens with one attached hydrogen (secondary N) is 1. The van der Waals surface area contributed by atoms with Gasteiger partial charge >= 0.3 is 12.5 Å². The zero-order valence-corrected chi connectivity index (χ0v) is 23.8. The normalized spacial score (nSPS) is 18.0. The molecule has 0 spiro atoms. The number of aromatic nitrogens is 3. The molecule has 42 heavy (non-hydrogen) atoms. The van der Waals surface area contributed by atoms with Gasteiger partial charge in [0, 0.05) is 18.8 Å². The highest BCUT2D eigenvalue weighted by Gasteiger charge is 2.38. The van der Waals surface area contributed by atoms with Gasteiger partial charge < -0.3 is 0 Å². The van der Waals surface area contributed by atoms with E-state index >= 15 is 0 Å². The van der Waals surface area contributed by atoms with Crippen molar-refractivity contribution in [3.8, 4) is 21.7 Å². The molecule has 15 heteroatoms. The van der Waals surface area contributed by atoms with Gasteiger partial charge in [0.2, 0.25) is 0 Å². The maximum atomic E-state index is 14.0. The molecule has 2 heterocycles. The second-order valence-corrected chi connectivity index (χ2v) is 12.6. The summed E-state index contributed by atoms with van der Waals surface area (Å²) in [6.07, 6.45) is -8.39. The maximum Gasteiger partial charge on any atom is 0.522 e. The minimum absolute atomic E-state index is 0.0876. The molecule has 0 aliphatic heterocycles. The molecular weight excluding hydrogens is 606 g/mol. The molecule has 0 amide bonds. The Morgan fingerprint density at radius 1 is 1.05 bits per heavy atom. The van der Waals surface area contributed by atoms with Crippen LogP contribution >= 0.6 is 11.3 Å². The number of rotatable bonds is 7. The first kappa shape index (κ1) is 30.0. The molecule has 7 nitrogen and oxygen atoms in total. The molecule has 2 atom stereocenters. The summed E-state index contributed by atoms with van der Waals surface area (Å²) in [5.41, 5.74) is 0.0757. The molecule has 2 aromatic carbocycles. The van der Waals surface area contributed by atoms with Crippen molar-refractivity contribution in [1.29, 1.82) is 0 Å². The summed E-state index contributed by atoms with van der Waals surface area (Å²) in [6, 6.07) is 11.6. The molecule has 1 fully saturated rings. The Hall–Kier alpha value is -3.43. The highest BCUT2D eigenvalue weighted by Crippen LogP contribution is 2.46.